The fourth-order valence-electron chi connectivity index (χ4n) is 1.75. The molecule has 0 bridgehead atoms. The van der Waals surface area contributed by atoms with E-state index in [-0.39, 0.29) is 11.9 Å². The molecule has 0 aliphatic rings. The molecule has 0 aromatic heterocycles. The van der Waals surface area contributed by atoms with Crippen molar-refractivity contribution in [1.29, 1.82) is 0 Å². The van der Waals surface area contributed by atoms with E-state index in [9.17, 15) is 8.78 Å². The molecule has 17 heavy (non-hydrogen) atoms. The Morgan fingerprint density at radius 3 is 2.82 bits per heavy atom. The second-order valence-corrected chi connectivity index (χ2v) is 4.04. The topological polar surface area (TPSA) is 12.0 Å². The number of rotatable bonds is 7. The van der Waals surface area contributed by atoms with E-state index >= 15 is 0 Å². The maximum Gasteiger partial charge on any atom is 0.128 e. The predicted molar refractivity (Wildman–Crippen MR) is 66.8 cm³/mol. The third-order valence-corrected chi connectivity index (χ3v) is 2.63. The number of hydrogen-bond acceptors (Lipinski definition) is 1. The van der Waals surface area contributed by atoms with Crippen molar-refractivity contribution < 1.29 is 8.78 Å². The third-order valence-electron chi connectivity index (χ3n) is 2.63. The number of nitrogens with one attached hydrogen (secondary N) is 1. The van der Waals surface area contributed by atoms with Crippen LogP contribution in [0.1, 0.15) is 37.8 Å². The van der Waals surface area contributed by atoms with Crippen LogP contribution in [0.2, 0.25) is 0 Å². The fourth-order valence-corrected chi connectivity index (χ4v) is 1.75. The van der Waals surface area contributed by atoms with E-state index in [1.54, 1.807) is 6.08 Å². The van der Waals surface area contributed by atoms with Gasteiger partial charge >= 0.3 is 0 Å². The Morgan fingerprint density at radius 2 is 2.18 bits per heavy atom. The zero-order chi connectivity index (χ0) is 12.7. The molecule has 1 nitrogen and oxygen atoms in total. The Balaban J connectivity index is 2.85. The molecule has 0 radical (unpaired) electrons. The van der Waals surface area contributed by atoms with Crippen molar-refractivity contribution in [2.24, 2.45) is 0 Å². The van der Waals surface area contributed by atoms with Crippen LogP contribution in [0, 0.1) is 11.6 Å². The van der Waals surface area contributed by atoms with Crippen LogP contribution in [-0.2, 0) is 0 Å². The van der Waals surface area contributed by atoms with Crippen molar-refractivity contribution in [3.8, 4) is 0 Å². The first kappa shape index (κ1) is 13.8. The van der Waals surface area contributed by atoms with Gasteiger partial charge in [0.25, 0.3) is 0 Å². The molecule has 1 atom stereocenters. The number of halogens is 2. The minimum Gasteiger partial charge on any atom is -0.310 e. The molecule has 0 spiro atoms. The highest BCUT2D eigenvalue weighted by Crippen LogP contribution is 2.22. The molecule has 0 saturated carbocycles. The lowest BCUT2D eigenvalue weighted by atomic mass is 10.0. The van der Waals surface area contributed by atoms with E-state index in [1.165, 1.54) is 12.1 Å². The molecular weight excluding hydrogens is 220 g/mol. The molecule has 0 aliphatic heterocycles. The second kappa shape index (κ2) is 7.17. The van der Waals surface area contributed by atoms with Gasteiger partial charge in [0.1, 0.15) is 11.6 Å². The van der Waals surface area contributed by atoms with Crippen LogP contribution in [0.4, 0.5) is 8.78 Å². The Hall–Kier alpha value is -1.22. The van der Waals surface area contributed by atoms with Gasteiger partial charge in [-0.25, -0.2) is 8.78 Å². The maximum atomic E-state index is 13.6. The van der Waals surface area contributed by atoms with Crippen molar-refractivity contribution in [2.45, 2.75) is 32.2 Å². The average molecular weight is 239 g/mol. The van der Waals surface area contributed by atoms with Crippen LogP contribution >= 0.6 is 0 Å². The lowest BCUT2D eigenvalue weighted by Gasteiger charge is -2.19. The van der Waals surface area contributed by atoms with Crippen LogP contribution in [-0.4, -0.2) is 6.54 Å². The van der Waals surface area contributed by atoms with Gasteiger partial charge < -0.3 is 5.32 Å². The highest BCUT2D eigenvalue weighted by molar-refractivity contribution is 5.22. The van der Waals surface area contributed by atoms with E-state index in [0.717, 1.165) is 31.9 Å². The summed E-state index contributed by atoms with van der Waals surface area (Å²) < 4.78 is 26.8. The zero-order valence-corrected chi connectivity index (χ0v) is 10.2. The Labute approximate surface area is 102 Å². The minimum absolute atomic E-state index is 0.149. The standard InChI is InChI=1S/C14H19F2N/c1-3-5-6-14(17-9-4-2)12-10-11(15)7-8-13(12)16/h3,7-8,10,14,17H,1,4-6,9H2,2H3. The molecule has 0 aliphatic carbocycles. The van der Waals surface area contributed by atoms with Gasteiger partial charge in [-0.3, -0.25) is 0 Å². The molecule has 94 valence electrons. The second-order valence-electron chi connectivity index (χ2n) is 4.04. The summed E-state index contributed by atoms with van der Waals surface area (Å²) in [5.41, 5.74) is 0.403. The summed E-state index contributed by atoms with van der Waals surface area (Å²) >= 11 is 0. The molecule has 0 fully saturated rings. The molecular formula is C14H19F2N. The summed E-state index contributed by atoms with van der Waals surface area (Å²) in [5.74, 6) is -0.757. The van der Waals surface area contributed by atoms with E-state index in [1.807, 2.05) is 6.92 Å². The molecule has 0 amide bonds. The third kappa shape index (κ3) is 4.27. The summed E-state index contributed by atoms with van der Waals surface area (Å²) in [6.07, 6.45) is 4.25. The molecule has 0 heterocycles. The summed E-state index contributed by atoms with van der Waals surface area (Å²) in [4.78, 5) is 0. The molecule has 1 unspecified atom stereocenters. The van der Waals surface area contributed by atoms with E-state index in [4.69, 9.17) is 0 Å². The summed E-state index contributed by atoms with van der Waals surface area (Å²) in [5, 5.41) is 3.23. The summed E-state index contributed by atoms with van der Waals surface area (Å²) in [7, 11) is 0. The number of hydrogen-bond donors (Lipinski definition) is 1. The Kier molecular flexibility index (Phi) is 5.84. The van der Waals surface area contributed by atoms with E-state index < -0.39 is 5.82 Å². The minimum atomic E-state index is -0.400. The normalized spacial score (nSPS) is 12.4. The quantitative estimate of drug-likeness (QED) is 0.710. The number of allylic oxidation sites excluding steroid dienone is 1. The fraction of sp³-hybridized carbons (Fsp3) is 0.429. The summed E-state index contributed by atoms with van der Waals surface area (Å²) in [6.45, 7) is 6.48. The predicted octanol–water partition coefficient (Wildman–Crippen LogP) is 3.97. The first-order chi connectivity index (χ1) is 8.19. The highest BCUT2D eigenvalue weighted by atomic mass is 19.1. The van der Waals surface area contributed by atoms with Crippen molar-refractivity contribution >= 4 is 0 Å². The molecule has 1 aromatic rings. The van der Waals surface area contributed by atoms with Gasteiger partial charge in [0, 0.05) is 11.6 Å². The van der Waals surface area contributed by atoms with Gasteiger partial charge in [-0.15, -0.1) is 6.58 Å². The monoisotopic (exact) mass is 239 g/mol. The summed E-state index contributed by atoms with van der Waals surface area (Å²) in [6, 6.07) is 3.44. The van der Waals surface area contributed by atoms with Crippen molar-refractivity contribution in [3.05, 3.63) is 48.1 Å². The maximum absolute atomic E-state index is 13.6. The van der Waals surface area contributed by atoms with Crippen LogP contribution in [0.3, 0.4) is 0 Å². The lowest BCUT2D eigenvalue weighted by molar-refractivity contribution is 0.471. The smallest absolute Gasteiger partial charge is 0.128 e. The lowest BCUT2D eigenvalue weighted by Crippen LogP contribution is -2.23. The van der Waals surface area contributed by atoms with Crippen LogP contribution < -0.4 is 5.32 Å². The van der Waals surface area contributed by atoms with Crippen molar-refractivity contribution in [3.63, 3.8) is 0 Å². The Bertz CT molecular complexity index is 363. The highest BCUT2D eigenvalue weighted by Gasteiger charge is 2.15. The van der Waals surface area contributed by atoms with E-state index in [0.29, 0.717) is 5.56 Å². The van der Waals surface area contributed by atoms with Gasteiger partial charge in [0.05, 0.1) is 0 Å². The molecule has 3 heteroatoms. The van der Waals surface area contributed by atoms with Crippen LogP contribution in [0.15, 0.2) is 30.9 Å². The largest absolute Gasteiger partial charge is 0.310 e. The van der Waals surface area contributed by atoms with Gasteiger partial charge in [0.2, 0.25) is 0 Å². The zero-order valence-electron chi connectivity index (χ0n) is 10.2. The molecule has 1 rings (SSSR count). The molecule has 1 N–H and O–H groups in total. The van der Waals surface area contributed by atoms with Gasteiger partial charge in [-0.05, 0) is 44.0 Å². The SMILES string of the molecule is C=CCCC(NCCC)c1cc(F)ccc1F. The first-order valence-corrected chi connectivity index (χ1v) is 5.98. The molecule has 0 saturated heterocycles. The number of benzene rings is 1. The van der Waals surface area contributed by atoms with Crippen molar-refractivity contribution in [2.75, 3.05) is 6.54 Å². The van der Waals surface area contributed by atoms with Crippen molar-refractivity contribution in [1.82, 2.24) is 5.32 Å². The van der Waals surface area contributed by atoms with Crippen LogP contribution in [0.25, 0.3) is 0 Å². The molecule has 1 aromatic carbocycles. The first-order valence-electron chi connectivity index (χ1n) is 5.98. The van der Waals surface area contributed by atoms with Gasteiger partial charge in [-0.2, -0.15) is 0 Å². The Morgan fingerprint density at radius 1 is 1.41 bits per heavy atom. The van der Waals surface area contributed by atoms with E-state index in [2.05, 4.69) is 11.9 Å². The van der Waals surface area contributed by atoms with Gasteiger partial charge in [-0.1, -0.05) is 13.0 Å². The average Bonchev–Trinajstić information content (AvgIpc) is 2.33. The van der Waals surface area contributed by atoms with Gasteiger partial charge in [0.15, 0.2) is 0 Å². The van der Waals surface area contributed by atoms with Crippen LogP contribution in [0.5, 0.6) is 0 Å².